The number of hydrogen-bond donors (Lipinski definition) is 4. The van der Waals surface area contributed by atoms with Gasteiger partial charge in [-0.15, -0.1) is 0 Å². The Bertz CT molecular complexity index is 2340. The van der Waals surface area contributed by atoms with Crippen LogP contribution in [0.1, 0.15) is 58.3 Å². The van der Waals surface area contributed by atoms with E-state index in [1.54, 1.807) is 24.3 Å². The quantitative estimate of drug-likeness (QED) is 0.148. The predicted octanol–water partition coefficient (Wildman–Crippen LogP) is 1.82. The van der Waals surface area contributed by atoms with Crippen LogP contribution in [-0.4, -0.2) is 49.6 Å². The number of aliphatic hydroxyl groups is 2. The Hall–Kier alpha value is -3.32. The molecule has 0 bridgehead atoms. The van der Waals surface area contributed by atoms with Crippen molar-refractivity contribution in [1.82, 2.24) is 35.5 Å². The predicted molar refractivity (Wildman–Crippen MR) is 195 cm³/mol. The van der Waals surface area contributed by atoms with E-state index in [0.29, 0.717) is 34.3 Å². The number of hydrogen-bond acceptors (Lipinski definition) is 9. The number of tetrazole rings is 1. The van der Waals surface area contributed by atoms with E-state index >= 15 is 0 Å². The number of aromatic nitrogens is 6. The van der Waals surface area contributed by atoms with Crippen molar-refractivity contribution in [2.24, 2.45) is 5.14 Å². The van der Waals surface area contributed by atoms with E-state index < -0.39 is 21.7 Å². The molecule has 1 amide bonds. The van der Waals surface area contributed by atoms with Crippen LogP contribution in [0.5, 0.6) is 0 Å². The molecule has 0 aliphatic carbocycles. The molecular formula is C36H33Cl2KN8O5S. The number of carbonyl (C=O) groups is 1. The zero-order chi connectivity index (χ0) is 37.0. The van der Waals surface area contributed by atoms with E-state index in [-0.39, 0.29) is 73.5 Å². The van der Waals surface area contributed by atoms with Crippen LogP contribution in [0.25, 0.3) is 22.5 Å². The fraction of sp³-hybridized carbons (Fsp3) is 0.194. The molecule has 5 N–H and O–H groups in total. The molecule has 0 spiro atoms. The van der Waals surface area contributed by atoms with Gasteiger partial charge in [0.15, 0.2) is 10.9 Å². The minimum atomic E-state index is -4.06. The minimum absolute atomic E-state index is 0. The van der Waals surface area contributed by atoms with E-state index in [2.05, 4.69) is 62.1 Å². The molecule has 13 nitrogen and oxygen atoms in total. The molecular weight excluding hydrogens is 767 g/mol. The van der Waals surface area contributed by atoms with Crippen molar-refractivity contribution in [3.8, 4) is 22.5 Å². The number of benzene rings is 4. The van der Waals surface area contributed by atoms with Crippen molar-refractivity contribution in [2.75, 3.05) is 0 Å². The van der Waals surface area contributed by atoms with Crippen molar-refractivity contribution in [3.05, 3.63) is 135 Å². The summed E-state index contributed by atoms with van der Waals surface area (Å²) in [7, 11) is -4.06. The zero-order valence-electron chi connectivity index (χ0n) is 28.7. The molecule has 7 rings (SSSR count). The third-order valence-electron chi connectivity index (χ3n) is 8.61. The van der Waals surface area contributed by atoms with Crippen LogP contribution >= 0.6 is 23.2 Å². The van der Waals surface area contributed by atoms with Gasteiger partial charge in [0.05, 0.1) is 17.3 Å². The third-order valence-corrected chi connectivity index (χ3v) is 10.3. The number of carbonyl (C=O) groups excluding carboxylic acids is 1. The molecule has 0 fully saturated rings. The SMILES string of the molecule is CCCCc1nc(Cl)c(CO)n1Cc1ccc(-c2ccccc2-c2nnn[n-]2)cc1.NS(=O)(=O)c1cc(C2(O)NC(=O)c3ccccc32)ccc1Cl.[K+]. The maximum absolute atomic E-state index is 12.0. The maximum atomic E-state index is 12.0. The number of fused-ring (bicyclic) bond motifs is 1. The van der Waals surface area contributed by atoms with Crippen molar-refractivity contribution < 1.29 is 74.8 Å². The van der Waals surface area contributed by atoms with Gasteiger partial charge in [-0.2, -0.15) is 5.21 Å². The Morgan fingerprint density at radius 2 is 1.64 bits per heavy atom. The summed E-state index contributed by atoms with van der Waals surface area (Å²) in [6, 6.07) is 26.6. The normalized spacial score (nSPS) is 14.9. The van der Waals surface area contributed by atoms with Crippen molar-refractivity contribution in [2.45, 2.75) is 50.0 Å². The first kappa shape index (κ1) is 40.9. The summed E-state index contributed by atoms with van der Waals surface area (Å²) < 4.78 is 25.1. The van der Waals surface area contributed by atoms with Gasteiger partial charge in [-0.05, 0) is 46.9 Å². The Morgan fingerprint density at radius 1 is 0.962 bits per heavy atom. The monoisotopic (exact) mass is 798 g/mol. The van der Waals surface area contributed by atoms with E-state index in [4.69, 9.17) is 28.3 Å². The molecule has 0 saturated heterocycles. The molecule has 6 aromatic rings. The van der Waals surface area contributed by atoms with E-state index in [0.717, 1.165) is 53.4 Å². The molecule has 268 valence electrons. The number of primary sulfonamides is 1. The molecule has 1 aliphatic rings. The minimum Gasteiger partial charge on any atom is -0.390 e. The van der Waals surface area contributed by atoms with Gasteiger partial charge in [0.2, 0.25) is 10.0 Å². The maximum Gasteiger partial charge on any atom is 1.00 e. The summed E-state index contributed by atoms with van der Waals surface area (Å²) in [4.78, 5) is 16.1. The number of sulfonamides is 1. The van der Waals surface area contributed by atoms with E-state index in [9.17, 15) is 23.4 Å². The van der Waals surface area contributed by atoms with Gasteiger partial charge in [0.1, 0.15) is 10.7 Å². The molecule has 2 aromatic heterocycles. The number of imidazole rings is 1. The molecule has 17 heteroatoms. The Kier molecular flexibility index (Phi) is 13.4. The van der Waals surface area contributed by atoms with Crippen molar-refractivity contribution >= 4 is 39.1 Å². The van der Waals surface area contributed by atoms with E-state index in [1.165, 1.54) is 12.1 Å². The number of nitrogens with zero attached hydrogens (tertiary/aromatic N) is 6. The first-order valence-electron chi connectivity index (χ1n) is 16.1. The van der Waals surface area contributed by atoms with Crippen molar-refractivity contribution in [1.29, 1.82) is 0 Å². The van der Waals surface area contributed by atoms with Crippen LogP contribution in [0, 0.1) is 0 Å². The van der Waals surface area contributed by atoms with Crippen LogP contribution in [-0.2, 0) is 35.3 Å². The largest absolute Gasteiger partial charge is 1.00 e. The topological polar surface area (TPSA) is 200 Å². The number of unbranched alkanes of at least 4 members (excludes halogenated alkanes) is 1. The Morgan fingerprint density at radius 3 is 2.28 bits per heavy atom. The average molecular weight is 800 g/mol. The molecule has 3 heterocycles. The Balaban J connectivity index is 0.000000210. The summed E-state index contributed by atoms with van der Waals surface area (Å²) >= 11 is 12.1. The summed E-state index contributed by atoms with van der Waals surface area (Å²) in [5.41, 5.74) is 3.69. The molecule has 53 heavy (non-hydrogen) atoms. The fourth-order valence-corrected chi connectivity index (χ4v) is 7.32. The zero-order valence-corrected chi connectivity index (χ0v) is 34.2. The third kappa shape index (κ3) is 8.82. The second kappa shape index (κ2) is 17.4. The smallest absolute Gasteiger partial charge is 0.390 e. The number of amides is 1. The number of nitrogens with one attached hydrogen (secondary N) is 1. The Labute approximate surface area is 358 Å². The molecule has 1 atom stereocenters. The van der Waals surface area contributed by atoms with Gasteiger partial charge in [0.25, 0.3) is 5.91 Å². The molecule has 0 saturated carbocycles. The molecule has 1 unspecified atom stereocenters. The second-order valence-electron chi connectivity index (χ2n) is 12.0. The number of aliphatic hydroxyl groups excluding tert-OH is 1. The van der Waals surface area contributed by atoms with Crippen LogP contribution in [0.3, 0.4) is 0 Å². The van der Waals surface area contributed by atoms with Crippen LogP contribution in [0.2, 0.25) is 10.2 Å². The van der Waals surface area contributed by atoms with Gasteiger partial charge in [-0.3, -0.25) is 15.1 Å². The number of aryl methyl sites for hydroxylation is 1. The first-order valence-corrected chi connectivity index (χ1v) is 18.4. The molecule has 1 aliphatic heterocycles. The van der Waals surface area contributed by atoms with Crippen LogP contribution in [0.15, 0.2) is 95.9 Å². The van der Waals surface area contributed by atoms with Crippen molar-refractivity contribution in [3.63, 3.8) is 0 Å². The number of nitrogens with two attached hydrogens (primary N) is 1. The number of rotatable bonds is 10. The van der Waals surface area contributed by atoms with Gasteiger partial charge in [0, 0.05) is 35.5 Å². The van der Waals surface area contributed by atoms with Gasteiger partial charge in [-0.1, -0.05) is 109 Å². The molecule has 4 aromatic carbocycles. The summed E-state index contributed by atoms with van der Waals surface area (Å²) in [6.45, 7) is 2.62. The number of halogens is 2. The molecule has 0 radical (unpaired) electrons. The summed E-state index contributed by atoms with van der Waals surface area (Å²) in [5.74, 6) is 0.967. The first-order chi connectivity index (χ1) is 24.9. The van der Waals surface area contributed by atoms with E-state index in [1.807, 2.05) is 28.8 Å². The van der Waals surface area contributed by atoms with Crippen LogP contribution < -0.4 is 66.9 Å². The standard InChI is InChI=1S/C22H22ClN6O.C14H11ClN2O4S.K/c1-2-3-8-20-24-21(23)19(14-30)29(20)13-15-9-11-16(12-10-15)17-6-4-5-7-18(17)22-25-27-28-26-22;15-11-6-5-8(7-12(11)22(16,20)21)14(19)10-4-2-1-3-9(10)13(18)17-14;/h4-7,9-12,30H,2-3,8,13-14H2,1H3;1-7,19H,(H,17,18)(H2,16,20,21);/q-1;;+1. The van der Waals surface area contributed by atoms with Gasteiger partial charge < -0.3 is 25.2 Å². The second-order valence-corrected chi connectivity index (χ2v) is 14.3. The summed E-state index contributed by atoms with van der Waals surface area (Å²) in [5, 5.41) is 43.6. The van der Waals surface area contributed by atoms with Gasteiger partial charge in [-0.25, -0.2) is 18.5 Å². The summed E-state index contributed by atoms with van der Waals surface area (Å²) in [6.07, 6.45) is 2.94. The van der Waals surface area contributed by atoms with Gasteiger partial charge >= 0.3 is 51.4 Å². The average Bonchev–Trinajstić information content (AvgIpc) is 3.85. The fourth-order valence-electron chi connectivity index (χ4n) is 5.99. The van der Waals surface area contributed by atoms with Crippen LogP contribution in [0.4, 0.5) is 0 Å².